The Morgan fingerprint density at radius 2 is 1.71 bits per heavy atom. The van der Waals surface area contributed by atoms with Crippen molar-refractivity contribution in [2.75, 3.05) is 23.3 Å². The van der Waals surface area contributed by atoms with Crippen molar-refractivity contribution in [3.63, 3.8) is 0 Å². The maximum absolute atomic E-state index is 13.7. The van der Waals surface area contributed by atoms with E-state index in [0.29, 0.717) is 29.4 Å². The minimum atomic E-state index is -4.88. The molecule has 4 heterocycles. The van der Waals surface area contributed by atoms with Crippen molar-refractivity contribution in [2.45, 2.75) is 57.4 Å². The standard InChI is InChI=1S/C25H25F9N6O/c1-12-3-4-14-10-39(15-7-8-35-18(9-15)24(29,30)31)11-16(14)20(12)36-22-37-21-17(41-13(2)23(26,27)28)5-6-19(25(32,33)34)40(21)38-22/h5-9,12-14,16,20H,3-4,10-11H2,1-2H3,(H,36,38)/t12-,13?,14?,16-,20-/m1/s1. The molecule has 1 saturated carbocycles. The van der Waals surface area contributed by atoms with Crippen molar-refractivity contribution in [2.24, 2.45) is 17.8 Å². The Bertz CT molecular complexity index is 1400. The van der Waals surface area contributed by atoms with E-state index in [9.17, 15) is 39.5 Å². The lowest BCUT2D eigenvalue weighted by Crippen LogP contribution is -2.43. The fourth-order valence-electron chi connectivity index (χ4n) is 5.63. The van der Waals surface area contributed by atoms with Gasteiger partial charge in [-0.15, -0.1) is 5.10 Å². The number of hydrogen-bond acceptors (Lipinski definition) is 6. The SMILES string of the molecule is CC(Oc1ccc(C(F)(F)F)n2nc(N[C@@H]3[C@H](C)CCC4CN(c5ccnc(C(F)(F)F)c5)C[C@H]43)nc12)C(F)(F)F. The highest BCUT2D eigenvalue weighted by Gasteiger charge is 2.45. The molecular weight excluding hydrogens is 571 g/mol. The third kappa shape index (κ3) is 5.82. The van der Waals surface area contributed by atoms with Crippen LogP contribution in [0.5, 0.6) is 5.75 Å². The predicted octanol–water partition coefficient (Wildman–Crippen LogP) is 6.45. The van der Waals surface area contributed by atoms with E-state index in [1.165, 1.54) is 6.07 Å². The molecule has 16 heteroatoms. The maximum atomic E-state index is 13.7. The fourth-order valence-corrected chi connectivity index (χ4v) is 5.63. The average molecular weight is 596 g/mol. The van der Waals surface area contributed by atoms with E-state index in [4.69, 9.17) is 4.74 Å². The highest BCUT2D eigenvalue weighted by Crippen LogP contribution is 2.43. The topological polar surface area (TPSA) is 67.6 Å². The second-order valence-corrected chi connectivity index (χ2v) is 10.5. The number of aromatic nitrogens is 4. The van der Waals surface area contributed by atoms with Gasteiger partial charge in [-0.2, -0.15) is 44.5 Å². The van der Waals surface area contributed by atoms with Crippen molar-refractivity contribution in [1.82, 2.24) is 19.6 Å². The first-order valence-electron chi connectivity index (χ1n) is 12.8. The van der Waals surface area contributed by atoms with Crippen LogP contribution in [0.2, 0.25) is 0 Å². The third-order valence-electron chi connectivity index (χ3n) is 7.76. The molecule has 1 aliphatic carbocycles. The molecule has 5 atom stereocenters. The maximum Gasteiger partial charge on any atom is 0.433 e. The highest BCUT2D eigenvalue weighted by atomic mass is 19.4. The van der Waals surface area contributed by atoms with Crippen molar-refractivity contribution < 1.29 is 44.3 Å². The molecule has 5 rings (SSSR count). The van der Waals surface area contributed by atoms with Gasteiger partial charge in [0.2, 0.25) is 5.95 Å². The molecule has 0 spiro atoms. The van der Waals surface area contributed by atoms with Crippen LogP contribution in [0.1, 0.15) is 38.1 Å². The largest absolute Gasteiger partial charge is 0.477 e. The molecule has 1 aliphatic heterocycles. The molecule has 2 fully saturated rings. The lowest BCUT2D eigenvalue weighted by atomic mass is 9.73. The van der Waals surface area contributed by atoms with Crippen molar-refractivity contribution >= 4 is 17.3 Å². The van der Waals surface area contributed by atoms with E-state index < -0.39 is 47.4 Å². The summed E-state index contributed by atoms with van der Waals surface area (Å²) >= 11 is 0. The van der Waals surface area contributed by atoms with Crippen LogP contribution in [0.3, 0.4) is 0 Å². The van der Waals surface area contributed by atoms with Gasteiger partial charge in [-0.05, 0) is 55.9 Å². The van der Waals surface area contributed by atoms with Gasteiger partial charge < -0.3 is 15.0 Å². The Hall–Kier alpha value is -3.46. The minimum Gasteiger partial charge on any atom is -0.477 e. The summed E-state index contributed by atoms with van der Waals surface area (Å²) in [5.74, 6) is -0.806. The zero-order valence-electron chi connectivity index (χ0n) is 21.6. The lowest BCUT2D eigenvalue weighted by molar-refractivity contribution is -0.189. The van der Waals surface area contributed by atoms with Gasteiger partial charge in [0.05, 0.1) is 0 Å². The number of alkyl halides is 9. The average Bonchev–Trinajstić information content (AvgIpc) is 3.49. The van der Waals surface area contributed by atoms with Crippen molar-refractivity contribution in [1.29, 1.82) is 0 Å². The Labute approximate surface area is 227 Å². The second kappa shape index (κ2) is 10.1. The van der Waals surface area contributed by atoms with Crippen LogP contribution in [-0.2, 0) is 12.4 Å². The van der Waals surface area contributed by atoms with Gasteiger partial charge in [0.15, 0.2) is 17.5 Å². The van der Waals surface area contributed by atoms with Gasteiger partial charge >= 0.3 is 18.5 Å². The minimum absolute atomic E-state index is 0.00551. The summed E-state index contributed by atoms with van der Waals surface area (Å²) in [6.45, 7) is 3.49. The summed E-state index contributed by atoms with van der Waals surface area (Å²) in [5.41, 5.74) is -2.45. The molecular formula is C25H25F9N6O. The summed E-state index contributed by atoms with van der Waals surface area (Å²) in [4.78, 5) is 9.31. The monoisotopic (exact) mass is 596 g/mol. The number of fused-ring (bicyclic) bond motifs is 2. The van der Waals surface area contributed by atoms with Crippen molar-refractivity contribution in [3.05, 3.63) is 41.9 Å². The van der Waals surface area contributed by atoms with Gasteiger partial charge in [0.25, 0.3) is 0 Å². The van der Waals surface area contributed by atoms with Gasteiger partial charge in [0.1, 0.15) is 11.4 Å². The fraction of sp³-hybridized carbons (Fsp3) is 0.560. The first-order chi connectivity index (χ1) is 19.0. The Kier molecular flexibility index (Phi) is 7.17. The van der Waals surface area contributed by atoms with Crippen LogP contribution < -0.4 is 15.0 Å². The lowest BCUT2D eigenvalue weighted by Gasteiger charge is -2.38. The normalized spacial score (nSPS) is 24.4. The molecule has 0 amide bonds. The molecule has 7 nitrogen and oxygen atoms in total. The van der Waals surface area contributed by atoms with Crippen LogP contribution in [0.15, 0.2) is 30.5 Å². The van der Waals surface area contributed by atoms with E-state index in [1.807, 2.05) is 11.8 Å². The number of halogens is 9. The van der Waals surface area contributed by atoms with E-state index in [2.05, 4.69) is 20.4 Å². The van der Waals surface area contributed by atoms with Crippen LogP contribution in [-0.4, -0.2) is 51.0 Å². The quantitative estimate of drug-likeness (QED) is 0.342. The smallest absolute Gasteiger partial charge is 0.433 e. The second-order valence-electron chi connectivity index (χ2n) is 10.5. The van der Waals surface area contributed by atoms with Gasteiger partial charge in [-0.3, -0.25) is 4.98 Å². The van der Waals surface area contributed by atoms with E-state index in [0.717, 1.165) is 38.1 Å². The molecule has 0 bridgehead atoms. The molecule has 1 saturated heterocycles. The van der Waals surface area contributed by atoms with Gasteiger partial charge in [-0.25, -0.2) is 4.52 Å². The molecule has 3 aromatic rings. The number of hydrogen-bond donors (Lipinski definition) is 1. The molecule has 0 aromatic carbocycles. The third-order valence-corrected chi connectivity index (χ3v) is 7.76. The van der Waals surface area contributed by atoms with Crippen LogP contribution in [0, 0.1) is 17.8 Å². The number of ether oxygens (including phenoxy) is 1. The zero-order valence-corrected chi connectivity index (χ0v) is 21.6. The predicted molar refractivity (Wildman–Crippen MR) is 128 cm³/mol. The van der Waals surface area contributed by atoms with Gasteiger partial charge in [0, 0.05) is 36.9 Å². The summed E-state index contributed by atoms with van der Waals surface area (Å²) in [6.07, 6.45) is -13.9. The summed E-state index contributed by atoms with van der Waals surface area (Å²) in [5, 5.41) is 7.02. The molecule has 224 valence electrons. The summed E-state index contributed by atoms with van der Waals surface area (Å²) < 4.78 is 125. The number of nitrogens with zero attached hydrogens (tertiary/aromatic N) is 5. The zero-order chi connectivity index (χ0) is 29.9. The highest BCUT2D eigenvalue weighted by molar-refractivity contribution is 5.57. The molecule has 41 heavy (non-hydrogen) atoms. The van der Waals surface area contributed by atoms with E-state index in [-0.39, 0.29) is 29.7 Å². The molecule has 2 aliphatic rings. The molecule has 2 unspecified atom stereocenters. The Morgan fingerprint density at radius 3 is 2.37 bits per heavy atom. The first-order valence-corrected chi connectivity index (χ1v) is 12.8. The number of rotatable bonds is 5. The van der Waals surface area contributed by atoms with E-state index in [1.54, 1.807) is 0 Å². The Balaban J connectivity index is 1.44. The van der Waals surface area contributed by atoms with Gasteiger partial charge in [-0.1, -0.05) is 6.92 Å². The molecule has 1 N–H and O–H groups in total. The molecule has 0 radical (unpaired) electrons. The number of nitrogens with one attached hydrogen (secondary N) is 1. The number of pyridine rings is 2. The Morgan fingerprint density at radius 1 is 0.976 bits per heavy atom. The number of anilines is 2. The summed E-state index contributed by atoms with van der Waals surface area (Å²) in [6, 6.07) is 3.45. The van der Waals surface area contributed by atoms with Crippen molar-refractivity contribution in [3.8, 4) is 5.75 Å². The van der Waals surface area contributed by atoms with Crippen LogP contribution in [0.4, 0.5) is 51.1 Å². The first kappa shape index (κ1) is 29.0. The van der Waals surface area contributed by atoms with Crippen LogP contribution >= 0.6 is 0 Å². The van der Waals surface area contributed by atoms with Crippen LogP contribution in [0.25, 0.3) is 5.65 Å². The summed E-state index contributed by atoms with van der Waals surface area (Å²) in [7, 11) is 0. The molecule has 3 aromatic heterocycles. The van der Waals surface area contributed by atoms with E-state index >= 15 is 0 Å².